The summed E-state index contributed by atoms with van der Waals surface area (Å²) in [5.41, 5.74) is 3.17. The van der Waals surface area contributed by atoms with Crippen molar-refractivity contribution in [2.24, 2.45) is 0 Å². The molecule has 15 heavy (non-hydrogen) atoms. The van der Waals surface area contributed by atoms with Crippen LogP contribution in [0.1, 0.15) is 14.8 Å². The zero-order chi connectivity index (χ0) is 11.0. The van der Waals surface area contributed by atoms with Gasteiger partial charge in [0.15, 0.2) is 0 Å². The van der Waals surface area contributed by atoms with Gasteiger partial charge >= 0.3 is 103 Å². The van der Waals surface area contributed by atoms with Crippen LogP contribution in [-0.2, 0) is 21.4 Å². The maximum absolute atomic E-state index is 2.56. The Bertz CT molecular complexity index is 393. The van der Waals surface area contributed by atoms with Crippen molar-refractivity contribution in [1.29, 1.82) is 0 Å². The molecule has 2 rings (SSSR count). The Morgan fingerprint density at radius 3 is 2.40 bits per heavy atom. The van der Waals surface area contributed by atoms with Gasteiger partial charge in [-0.1, -0.05) is 0 Å². The summed E-state index contributed by atoms with van der Waals surface area (Å²) in [6.07, 6.45) is 2.51. The fraction of sp³-hybridized carbons (Fsp3) is 0.385. The molecular weight excluding hydrogens is 363 g/mol. The van der Waals surface area contributed by atoms with Gasteiger partial charge in [-0.15, -0.1) is 0 Å². The number of benzene rings is 1. The summed E-state index contributed by atoms with van der Waals surface area (Å²) in [5.74, 6) is 0. The van der Waals surface area contributed by atoms with E-state index in [1.807, 2.05) is 5.20 Å². The molecule has 0 bridgehead atoms. The first-order valence-corrected chi connectivity index (χ1v) is 17.9. The van der Waals surface area contributed by atoms with E-state index in [-0.39, 0.29) is 0 Å². The van der Waals surface area contributed by atoms with Gasteiger partial charge < -0.3 is 0 Å². The quantitative estimate of drug-likeness (QED) is 0.682. The minimum atomic E-state index is -1.32. The third-order valence-electron chi connectivity index (χ3n) is 3.21. The standard InChI is InChI=1S/C11H13Si.2CH3.Hf/c1-12(2)11-7-9-5-3-4-6-10(9)8-11;;;/h3-8,12H,1-2H3;2*1H3;. The molecule has 1 atom stereocenters. The van der Waals surface area contributed by atoms with Gasteiger partial charge in [0.05, 0.1) is 0 Å². The van der Waals surface area contributed by atoms with E-state index in [1.165, 1.54) is 5.56 Å². The second-order valence-corrected chi connectivity index (χ2v) is 17.7. The van der Waals surface area contributed by atoms with Gasteiger partial charge in [0.2, 0.25) is 0 Å². The fourth-order valence-corrected chi connectivity index (χ4v) is 16.0. The van der Waals surface area contributed by atoms with Crippen molar-refractivity contribution in [3.63, 3.8) is 0 Å². The zero-order valence-electron chi connectivity index (χ0n) is 10.0. The SMILES string of the molecule is C[SiH](C)C1=Cc2ccccc2[CH]1[Hf]([CH3])[CH3]. The molecule has 0 nitrogen and oxygen atoms in total. The molecule has 0 radical (unpaired) electrons. The molecule has 0 N–H and O–H groups in total. The molecule has 1 aliphatic carbocycles. The van der Waals surface area contributed by atoms with Crippen LogP contribution in [0, 0.1) is 0 Å². The summed E-state index contributed by atoms with van der Waals surface area (Å²) in [5, 5.41) is 1.84. The van der Waals surface area contributed by atoms with E-state index in [0.717, 1.165) is 3.67 Å². The maximum atomic E-state index is 2.56. The normalized spacial score (nSPS) is 19.0. The van der Waals surface area contributed by atoms with Gasteiger partial charge in [-0.2, -0.15) is 0 Å². The number of rotatable bonds is 2. The first-order valence-electron chi connectivity index (χ1n) is 5.71. The zero-order valence-corrected chi connectivity index (χ0v) is 14.8. The summed E-state index contributed by atoms with van der Waals surface area (Å²) in [4.78, 5) is 0. The van der Waals surface area contributed by atoms with Crippen LogP contribution in [0.25, 0.3) is 6.08 Å². The number of hydrogen-bond donors (Lipinski definition) is 0. The van der Waals surface area contributed by atoms with Crippen molar-refractivity contribution in [3.8, 4) is 0 Å². The van der Waals surface area contributed by atoms with Gasteiger partial charge in [0, 0.05) is 0 Å². The van der Waals surface area contributed by atoms with Crippen molar-refractivity contribution in [2.75, 3.05) is 0 Å². The van der Waals surface area contributed by atoms with Crippen LogP contribution in [0.5, 0.6) is 0 Å². The summed E-state index contributed by atoms with van der Waals surface area (Å²) in [7, 11) is -0.609. The van der Waals surface area contributed by atoms with Gasteiger partial charge in [-0.3, -0.25) is 0 Å². The fourth-order valence-electron chi connectivity index (χ4n) is 2.49. The van der Waals surface area contributed by atoms with Crippen LogP contribution >= 0.6 is 0 Å². The second kappa shape index (κ2) is 4.50. The van der Waals surface area contributed by atoms with E-state index in [2.05, 4.69) is 52.8 Å². The Labute approximate surface area is 103 Å². The molecule has 1 aliphatic rings. The average Bonchev–Trinajstić information content (AvgIpc) is 2.56. The van der Waals surface area contributed by atoms with E-state index >= 15 is 0 Å². The van der Waals surface area contributed by atoms with Crippen molar-refractivity contribution < 1.29 is 21.4 Å². The molecule has 0 heterocycles. The molecule has 0 fully saturated rings. The van der Waals surface area contributed by atoms with Crippen LogP contribution < -0.4 is 0 Å². The molecule has 0 aliphatic heterocycles. The van der Waals surface area contributed by atoms with E-state index in [1.54, 1.807) is 5.56 Å². The van der Waals surface area contributed by atoms with Gasteiger partial charge in [0.1, 0.15) is 0 Å². The Kier molecular flexibility index (Phi) is 3.46. The third-order valence-corrected chi connectivity index (χ3v) is 12.7. The Balaban J connectivity index is 2.47. The molecule has 0 amide bonds. The summed E-state index contributed by atoms with van der Waals surface area (Å²) >= 11 is -1.32. The summed E-state index contributed by atoms with van der Waals surface area (Å²) < 4.78 is 6.03. The van der Waals surface area contributed by atoms with Gasteiger partial charge in [-0.05, 0) is 0 Å². The van der Waals surface area contributed by atoms with Crippen LogP contribution in [0.15, 0.2) is 29.5 Å². The predicted octanol–water partition coefficient (Wildman–Crippen LogP) is 3.87. The molecule has 1 aromatic carbocycles. The Hall–Kier alpha value is 0.0470. The van der Waals surface area contributed by atoms with E-state index in [9.17, 15) is 0 Å². The summed E-state index contributed by atoms with van der Waals surface area (Å²) in [6, 6.07) is 9.03. The van der Waals surface area contributed by atoms with Crippen molar-refractivity contribution in [2.45, 2.75) is 26.1 Å². The van der Waals surface area contributed by atoms with Crippen LogP contribution in [0.3, 0.4) is 0 Å². The van der Waals surface area contributed by atoms with Crippen molar-refractivity contribution in [1.82, 2.24) is 0 Å². The van der Waals surface area contributed by atoms with Crippen LogP contribution in [0.2, 0.25) is 22.5 Å². The Morgan fingerprint density at radius 2 is 1.80 bits per heavy atom. The second-order valence-electron chi connectivity index (χ2n) is 4.94. The number of hydrogen-bond acceptors (Lipinski definition) is 0. The van der Waals surface area contributed by atoms with Crippen LogP contribution in [-0.4, -0.2) is 8.80 Å². The first-order chi connectivity index (χ1) is 7.11. The molecule has 79 valence electrons. The molecular formula is C13H19HfSi. The van der Waals surface area contributed by atoms with Gasteiger partial charge in [0.25, 0.3) is 0 Å². The molecule has 1 aromatic rings. The third kappa shape index (κ3) is 2.11. The minimum absolute atomic E-state index is 0.609. The first kappa shape index (κ1) is 11.5. The number of allylic oxidation sites excluding steroid dienone is 1. The topological polar surface area (TPSA) is 0 Å². The van der Waals surface area contributed by atoms with E-state index < -0.39 is 30.2 Å². The monoisotopic (exact) mass is 383 g/mol. The predicted molar refractivity (Wildman–Crippen MR) is 67.8 cm³/mol. The van der Waals surface area contributed by atoms with E-state index in [0.29, 0.717) is 0 Å². The average molecular weight is 382 g/mol. The molecule has 0 aromatic heterocycles. The molecule has 0 spiro atoms. The summed E-state index contributed by atoms with van der Waals surface area (Å²) in [6.45, 7) is 4.94. The van der Waals surface area contributed by atoms with Gasteiger partial charge in [-0.25, -0.2) is 0 Å². The van der Waals surface area contributed by atoms with Crippen LogP contribution in [0.4, 0.5) is 0 Å². The molecule has 1 unspecified atom stereocenters. The van der Waals surface area contributed by atoms with Crippen molar-refractivity contribution in [3.05, 3.63) is 40.6 Å². The molecule has 0 saturated heterocycles. The number of fused-ring (bicyclic) bond motifs is 1. The molecule has 0 saturated carbocycles. The Morgan fingerprint density at radius 1 is 1.13 bits per heavy atom. The van der Waals surface area contributed by atoms with Crippen molar-refractivity contribution >= 4 is 14.9 Å². The van der Waals surface area contributed by atoms with E-state index in [4.69, 9.17) is 0 Å². The molecule has 2 heteroatoms.